The van der Waals surface area contributed by atoms with Gasteiger partial charge in [0.15, 0.2) is 0 Å². The van der Waals surface area contributed by atoms with Gasteiger partial charge in [0.05, 0.1) is 0 Å². The molecule has 0 spiro atoms. The van der Waals surface area contributed by atoms with E-state index < -0.39 is 11.6 Å². The van der Waals surface area contributed by atoms with Crippen LogP contribution in [-0.2, 0) is 6.54 Å². The fourth-order valence-electron chi connectivity index (χ4n) is 2.83. The van der Waals surface area contributed by atoms with Gasteiger partial charge in [0.1, 0.15) is 17.3 Å². The Kier molecular flexibility index (Phi) is 5.35. The lowest BCUT2D eigenvalue weighted by Crippen LogP contribution is -2.38. The average Bonchev–Trinajstić information content (AvgIpc) is 2.40. The fraction of sp³-hybridized carbons (Fsp3) is 0.625. The van der Waals surface area contributed by atoms with Crippen molar-refractivity contribution in [3.8, 4) is 0 Å². The highest BCUT2D eigenvalue weighted by Crippen LogP contribution is 2.30. The van der Waals surface area contributed by atoms with E-state index in [9.17, 15) is 8.78 Å². The lowest BCUT2D eigenvalue weighted by molar-refractivity contribution is 0.463. The van der Waals surface area contributed by atoms with Crippen LogP contribution in [-0.4, -0.2) is 19.1 Å². The van der Waals surface area contributed by atoms with Crippen molar-refractivity contribution in [1.29, 1.82) is 0 Å². The van der Waals surface area contributed by atoms with E-state index in [1.807, 2.05) is 11.8 Å². The number of nitrogens with one attached hydrogen (secondary N) is 1. The van der Waals surface area contributed by atoms with Gasteiger partial charge in [-0.05, 0) is 56.8 Å². The highest BCUT2D eigenvalue weighted by molar-refractivity contribution is 5.51. The lowest BCUT2D eigenvalue weighted by atomic mass is 10.0. The molecule has 1 unspecified atom stereocenters. The van der Waals surface area contributed by atoms with Gasteiger partial charge in [-0.3, -0.25) is 0 Å². The number of benzene rings is 1. The molecule has 0 radical (unpaired) electrons. The molecule has 0 bridgehead atoms. The Bertz CT molecular complexity index is 425. The van der Waals surface area contributed by atoms with Crippen molar-refractivity contribution in [2.45, 2.75) is 52.1 Å². The highest BCUT2D eigenvalue weighted by Gasteiger charge is 2.24. The molecule has 0 amide bonds. The second-order valence-corrected chi connectivity index (χ2v) is 5.62. The highest BCUT2D eigenvalue weighted by atomic mass is 19.1. The third-order valence-electron chi connectivity index (χ3n) is 3.92. The summed E-state index contributed by atoms with van der Waals surface area (Å²) < 4.78 is 28.5. The van der Waals surface area contributed by atoms with Crippen molar-refractivity contribution in [3.05, 3.63) is 29.3 Å². The molecule has 1 N–H and O–H groups in total. The van der Waals surface area contributed by atoms with Gasteiger partial charge < -0.3 is 10.2 Å². The number of anilines is 1. The molecule has 1 aromatic carbocycles. The van der Waals surface area contributed by atoms with Crippen molar-refractivity contribution in [2.75, 3.05) is 18.0 Å². The molecule has 1 aliphatic heterocycles. The van der Waals surface area contributed by atoms with Crippen LogP contribution < -0.4 is 10.2 Å². The van der Waals surface area contributed by atoms with E-state index in [1.54, 1.807) is 0 Å². The molecule has 4 heteroatoms. The number of rotatable bonds is 5. The van der Waals surface area contributed by atoms with Crippen LogP contribution in [0.4, 0.5) is 14.5 Å². The molecule has 0 saturated carbocycles. The normalized spacial score (nSPS) is 19.4. The number of piperidine rings is 1. The maximum Gasteiger partial charge on any atom is 0.149 e. The molecule has 20 heavy (non-hydrogen) atoms. The Labute approximate surface area is 120 Å². The Balaban J connectivity index is 2.17. The van der Waals surface area contributed by atoms with Crippen LogP contribution in [0.5, 0.6) is 0 Å². The van der Waals surface area contributed by atoms with Crippen molar-refractivity contribution >= 4 is 5.69 Å². The average molecular weight is 282 g/mol. The van der Waals surface area contributed by atoms with Gasteiger partial charge >= 0.3 is 0 Å². The first kappa shape index (κ1) is 15.2. The Morgan fingerprint density at radius 2 is 1.95 bits per heavy atom. The molecule has 0 aromatic heterocycles. The van der Waals surface area contributed by atoms with Crippen LogP contribution in [0.15, 0.2) is 12.1 Å². The summed E-state index contributed by atoms with van der Waals surface area (Å²) in [6.07, 6.45) is 4.15. The van der Waals surface area contributed by atoms with E-state index >= 15 is 0 Å². The second kappa shape index (κ2) is 7.02. The monoisotopic (exact) mass is 282 g/mol. The van der Waals surface area contributed by atoms with Gasteiger partial charge in [0.25, 0.3) is 0 Å². The van der Waals surface area contributed by atoms with Crippen LogP contribution in [0.3, 0.4) is 0 Å². The van der Waals surface area contributed by atoms with Crippen LogP contribution in [0.2, 0.25) is 0 Å². The molecule has 1 saturated heterocycles. The fourth-order valence-corrected chi connectivity index (χ4v) is 2.83. The number of hydrogen-bond acceptors (Lipinski definition) is 2. The molecule has 1 aliphatic rings. The molecule has 0 aliphatic carbocycles. The van der Waals surface area contributed by atoms with Gasteiger partial charge in [-0.15, -0.1) is 0 Å². The summed E-state index contributed by atoms with van der Waals surface area (Å²) in [7, 11) is 0. The van der Waals surface area contributed by atoms with E-state index in [1.165, 1.54) is 12.1 Å². The van der Waals surface area contributed by atoms with E-state index in [4.69, 9.17) is 0 Å². The summed E-state index contributed by atoms with van der Waals surface area (Å²) in [5.74, 6) is -0.876. The smallest absolute Gasteiger partial charge is 0.149 e. The lowest BCUT2D eigenvalue weighted by Gasteiger charge is -2.35. The summed E-state index contributed by atoms with van der Waals surface area (Å²) >= 11 is 0. The van der Waals surface area contributed by atoms with Crippen LogP contribution >= 0.6 is 0 Å². The van der Waals surface area contributed by atoms with E-state index in [0.29, 0.717) is 12.1 Å². The van der Waals surface area contributed by atoms with E-state index in [0.717, 1.165) is 38.8 Å². The molecular weight excluding hydrogens is 258 g/mol. The summed E-state index contributed by atoms with van der Waals surface area (Å²) in [4.78, 5) is 1.87. The van der Waals surface area contributed by atoms with Crippen LogP contribution in [0.1, 0.15) is 45.1 Å². The van der Waals surface area contributed by atoms with Crippen molar-refractivity contribution in [2.24, 2.45) is 0 Å². The molecule has 112 valence electrons. The molecule has 1 heterocycles. The summed E-state index contributed by atoms with van der Waals surface area (Å²) in [5, 5.41) is 3.17. The van der Waals surface area contributed by atoms with Crippen LogP contribution in [0.25, 0.3) is 0 Å². The molecule has 1 aromatic rings. The zero-order valence-corrected chi connectivity index (χ0v) is 12.4. The number of halogens is 2. The van der Waals surface area contributed by atoms with Crippen molar-refractivity contribution < 1.29 is 8.78 Å². The number of nitrogens with zero attached hydrogens (tertiary/aromatic N) is 1. The topological polar surface area (TPSA) is 15.3 Å². The predicted octanol–water partition coefficient (Wildman–Crippen LogP) is 3.84. The maximum atomic E-state index is 14.3. The quantitative estimate of drug-likeness (QED) is 0.825. The Morgan fingerprint density at radius 3 is 2.55 bits per heavy atom. The number of hydrogen-bond donors (Lipinski definition) is 1. The molecule has 1 atom stereocenters. The molecular formula is C16H24F2N2. The maximum absolute atomic E-state index is 14.3. The van der Waals surface area contributed by atoms with Gasteiger partial charge in [-0.1, -0.05) is 6.92 Å². The largest absolute Gasteiger partial charge is 0.364 e. The molecule has 1 fully saturated rings. The van der Waals surface area contributed by atoms with E-state index in [-0.39, 0.29) is 11.7 Å². The predicted molar refractivity (Wildman–Crippen MR) is 79.0 cm³/mol. The zero-order chi connectivity index (χ0) is 14.5. The second-order valence-electron chi connectivity index (χ2n) is 5.62. The Morgan fingerprint density at radius 1 is 1.25 bits per heavy atom. The molecule has 2 nitrogen and oxygen atoms in total. The summed E-state index contributed by atoms with van der Waals surface area (Å²) in [5.41, 5.74) is 0.818. The third kappa shape index (κ3) is 3.48. The van der Waals surface area contributed by atoms with Gasteiger partial charge in [0, 0.05) is 19.1 Å². The molecule has 2 rings (SSSR count). The Hall–Kier alpha value is -1.16. The minimum atomic E-state index is -0.438. The van der Waals surface area contributed by atoms with Crippen molar-refractivity contribution in [3.63, 3.8) is 0 Å². The SMILES string of the molecule is CCCNCc1cc(F)c(N2CCCCC2C)c(F)c1. The standard InChI is InChI=1S/C16H24F2N2/c1-3-7-19-11-13-9-14(17)16(15(18)10-13)20-8-5-4-6-12(20)2/h9-10,12,19H,3-8,11H2,1-2H3. The van der Waals surface area contributed by atoms with Gasteiger partial charge in [0.2, 0.25) is 0 Å². The summed E-state index contributed by atoms with van der Waals surface area (Å²) in [6, 6.07) is 3.13. The van der Waals surface area contributed by atoms with E-state index in [2.05, 4.69) is 12.2 Å². The van der Waals surface area contributed by atoms with Crippen molar-refractivity contribution in [1.82, 2.24) is 5.32 Å². The first-order valence-corrected chi connectivity index (χ1v) is 7.58. The minimum Gasteiger partial charge on any atom is -0.364 e. The minimum absolute atomic E-state index is 0.149. The van der Waals surface area contributed by atoms with Gasteiger partial charge in [-0.2, -0.15) is 0 Å². The first-order chi connectivity index (χ1) is 9.63. The first-order valence-electron chi connectivity index (χ1n) is 7.58. The zero-order valence-electron chi connectivity index (χ0n) is 12.4. The third-order valence-corrected chi connectivity index (χ3v) is 3.92. The summed E-state index contributed by atoms with van der Waals surface area (Å²) in [6.45, 7) is 6.21. The van der Waals surface area contributed by atoms with Gasteiger partial charge in [-0.25, -0.2) is 8.78 Å². The van der Waals surface area contributed by atoms with Crippen LogP contribution in [0, 0.1) is 11.6 Å².